The molecule has 0 spiro atoms. The molecule has 0 fully saturated rings. The van der Waals surface area contributed by atoms with Crippen LogP contribution in [0.5, 0.6) is 0 Å². The van der Waals surface area contributed by atoms with Crippen LogP contribution in [-0.2, 0) is 0 Å². The first kappa shape index (κ1) is 14.2. The summed E-state index contributed by atoms with van der Waals surface area (Å²) in [6.45, 7) is 3.05. The minimum atomic E-state index is 0.164. The van der Waals surface area contributed by atoms with Gasteiger partial charge in [0.2, 0.25) is 0 Å². The molecule has 0 aliphatic rings. The van der Waals surface area contributed by atoms with Crippen molar-refractivity contribution in [3.63, 3.8) is 0 Å². The highest BCUT2D eigenvalue weighted by atomic mass is 79.9. The maximum Gasteiger partial charge on any atom is 0.0593 e. The molecule has 0 saturated heterocycles. The van der Waals surface area contributed by atoms with Crippen molar-refractivity contribution in [3.8, 4) is 0 Å². The molecule has 0 bridgehead atoms. The Morgan fingerprint density at radius 1 is 1.05 bits per heavy atom. The summed E-state index contributed by atoms with van der Waals surface area (Å²) in [4.78, 5) is 4.22. The van der Waals surface area contributed by atoms with Gasteiger partial charge in [0, 0.05) is 22.3 Å². The summed E-state index contributed by atoms with van der Waals surface area (Å²) in [7, 11) is 0. The van der Waals surface area contributed by atoms with Crippen LogP contribution < -0.4 is 5.32 Å². The van der Waals surface area contributed by atoms with Gasteiger partial charge >= 0.3 is 0 Å². The molecular weight excluding hydrogens is 324 g/mol. The Morgan fingerprint density at radius 3 is 2.67 bits per heavy atom. The van der Waals surface area contributed by atoms with E-state index in [9.17, 15) is 0 Å². The second-order valence-corrected chi connectivity index (χ2v) is 5.81. The average molecular weight is 341 g/mol. The highest BCUT2D eigenvalue weighted by molar-refractivity contribution is 9.10. The van der Waals surface area contributed by atoms with Crippen molar-refractivity contribution in [2.75, 3.05) is 6.54 Å². The standard InChI is InChI=1S/C18H17BrN2/c1-2-21-18(16-7-3-4-9-17(16)19)15-8-5-6-13-12-20-11-10-14(13)15/h3-12,18,21H,2H2,1H3. The van der Waals surface area contributed by atoms with Crippen molar-refractivity contribution in [3.05, 3.63) is 76.5 Å². The fraction of sp³-hybridized carbons (Fsp3) is 0.167. The number of pyridine rings is 1. The van der Waals surface area contributed by atoms with E-state index in [0.717, 1.165) is 11.0 Å². The molecule has 1 atom stereocenters. The summed E-state index contributed by atoms with van der Waals surface area (Å²) < 4.78 is 1.13. The van der Waals surface area contributed by atoms with E-state index in [1.807, 2.05) is 18.5 Å². The van der Waals surface area contributed by atoms with E-state index in [2.05, 4.69) is 75.6 Å². The molecule has 2 aromatic carbocycles. The monoisotopic (exact) mass is 340 g/mol. The Kier molecular flexibility index (Phi) is 4.32. The van der Waals surface area contributed by atoms with Gasteiger partial charge < -0.3 is 5.32 Å². The SMILES string of the molecule is CCNC(c1ccccc1Br)c1cccc2cnccc12. The molecule has 1 N–H and O–H groups in total. The number of rotatable bonds is 4. The lowest BCUT2D eigenvalue weighted by Gasteiger charge is -2.22. The van der Waals surface area contributed by atoms with Crippen LogP contribution >= 0.6 is 15.9 Å². The van der Waals surface area contributed by atoms with Gasteiger partial charge in [-0.25, -0.2) is 0 Å². The summed E-state index contributed by atoms with van der Waals surface area (Å²) in [5.41, 5.74) is 2.53. The third kappa shape index (κ3) is 2.85. The summed E-state index contributed by atoms with van der Waals surface area (Å²) in [5, 5.41) is 6.01. The van der Waals surface area contributed by atoms with Gasteiger partial charge in [0.1, 0.15) is 0 Å². The molecule has 0 aliphatic carbocycles. The Balaban J connectivity index is 2.19. The predicted octanol–water partition coefficient (Wildman–Crippen LogP) is 4.70. The van der Waals surface area contributed by atoms with E-state index in [1.54, 1.807) is 0 Å². The van der Waals surface area contributed by atoms with Gasteiger partial charge in [-0.2, -0.15) is 0 Å². The zero-order chi connectivity index (χ0) is 14.7. The second-order valence-electron chi connectivity index (χ2n) is 4.96. The lowest BCUT2D eigenvalue weighted by Crippen LogP contribution is -2.22. The van der Waals surface area contributed by atoms with E-state index in [1.165, 1.54) is 21.9 Å². The van der Waals surface area contributed by atoms with Crippen molar-refractivity contribution in [2.24, 2.45) is 0 Å². The van der Waals surface area contributed by atoms with Gasteiger partial charge in [0.25, 0.3) is 0 Å². The van der Waals surface area contributed by atoms with Crippen LogP contribution in [0.4, 0.5) is 0 Å². The van der Waals surface area contributed by atoms with Crippen LogP contribution in [0, 0.1) is 0 Å². The lowest BCUT2D eigenvalue weighted by atomic mass is 9.94. The van der Waals surface area contributed by atoms with Crippen LogP contribution in [0.2, 0.25) is 0 Å². The first-order valence-corrected chi connectivity index (χ1v) is 7.91. The number of hydrogen-bond donors (Lipinski definition) is 1. The van der Waals surface area contributed by atoms with Crippen molar-refractivity contribution in [2.45, 2.75) is 13.0 Å². The minimum Gasteiger partial charge on any atom is -0.306 e. The third-order valence-electron chi connectivity index (χ3n) is 3.65. The van der Waals surface area contributed by atoms with Gasteiger partial charge in [-0.3, -0.25) is 4.98 Å². The normalized spacial score (nSPS) is 12.5. The Morgan fingerprint density at radius 2 is 1.86 bits per heavy atom. The minimum absolute atomic E-state index is 0.164. The maximum absolute atomic E-state index is 4.22. The van der Waals surface area contributed by atoms with Crippen molar-refractivity contribution in [1.82, 2.24) is 10.3 Å². The van der Waals surface area contributed by atoms with Crippen LogP contribution in [0.15, 0.2) is 65.4 Å². The van der Waals surface area contributed by atoms with E-state index in [4.69, 9.17) is 0 Å². The molecule has 3 rings (SSSR count). The fourth-order valence-electron chi connectivity index (χ4n) is 2.70. The van der Waals surface area contributed by atoms with E-state index in [0.29, 0.717) is 0 Å². The van der Waals surface area contributed by atoms with Crippen LogP contribution in [0.25, 0.3) is 10.8 Å². The number of fused-ring (bicyclic) bond motifs is 1. The molecule has 3 aromatic rings. The first-order chi connectivity index (χ1) is 10.3. The topological polar surface area (TPSA) is 24.9 Å². The molecule has 1 unspecified atom stereocenters. The summed E-state index contributed by atoms with van der Waals surface area (Å²) >= 11 is 3.68. The van der Waals surface area contributed by atoms with E-state index >= 15 is 0 Å². The molecule has 1 aromatic heterocycles. The molecule has 3 heteroatoms. The maximum atomic E-state index is 4.22. The molecular formula is C18H17BrN2. The van der Waals surface area contributed by atoms with Gasteiger partial charge in [0.05, 0.1) is 6.04 Å². The van der Waals surface area contributed by atoms with Crippen LogP contribution in [-0.4, -0.2) is 11.5 Å². The van der Waals surface area contributed by atoms with Crippen molar-refractivity contribution in [1.29, 1.82) is 0 Å². The zero-order valence-electron chi connectivity index (χ0n) is 11.9. The summed E-state index contributed by atoms with van der Waals surface area (Å²) in [5.74, 6) is 0. The third-order valence-corrected chi connectivity index (χ3v) is 4.37. The number of aromatic nitrogens is 1. The van der Waals surface area contributed by atoms with E-state index in [-0.39, 0.29) is 6.04 Å². The summed E-state index contributed by atoms with van der Waals surface area (Å²) in [6, 6.07) is 17.0. The number of nitrogens with one attached hydrogen (secondary N) is 1. The Labute approximate surface area is 133 Å². The molecule has 2 nitrogen and oxygen atoms in total. The molecule has 1 heterocycles. The van der Waals surface area contributed by atoms with Crippen LogP contribution in [0.1, 0.15) is 24.1 Å². The first-order valence-electron chi connectivity index (χ1n) is 7.11. The van der Waals surface area contributed by atoms with Gasteiger partial charge in [-0.15, -0.1) is 0 Å². The molecule has 0 radical (unpaired) electrons. The number of halogens is 1. The quantitative estimate of drug-likeness (QED) is 0.744. The molecule has 0 saturated carbocycles. The lowest BCUT2D eigenvalue weighted by molar-refractivity contribution is 0.632. The molecule has 0 amide bonds. The number of benzene rings is 2. The second kappa shape index (κ2) is 6.37. The van der Waals surface area contributed by atoms with Crippen molar-refractivity contribution < 1.29 is 0 Å². The van der Waals surface area contributed by atoms with Crippen LogP contribution in [0.3, 0.4) is 0 Å². The number of hydrogen-bond acceptors (Lipinski definition) is 2. The average Bonchev–Trinajstić information content (AvgIpc) is 2.53. The largest absolute Gasteiger partial charge is 0.306 e. The molecule has 106 valence electrons. The number of nitrogens with zero attached hydrogens (tertiary/aromatic N) is 1. The molecule has 21 heavy (non-hydrogen) atoms. The Bertz CT molecular complexity index is 750. The van der Waals surface area contributed by atoms with Gasteiger partial charge in [-0.05, 0) is 35.2 Å². The Hall–Kier alpha value is -1.71. The fourth-order valence-corrected chi connectivity index (χ4v) is 3.21. The zero-order valence-corrected chi connectivity index (χ0v) is 13.5. The van der Waals surface area contributed by atoms with Gasteiger partial charge in [0.15, 0.2) is 0 Å². The van der Waals surface area contributed by atoms with Gasteiger partial charge in [-0.1, -0.05) is 59.3 Å². The van der Waals surface area contributed by atoms with Crippen molar-refractivity contribution >= 4 is 26.7 Å². The van der Waals surface area contributed by atoms with E-state index < -0.39 is 0 Å². The summed E-state index contributed by atoms with van der Waals surface area (Å²) in [6.07, 6.45) is 3.77. The highest BCUT2D eigenvalue weighted by Crippen LogP contribution is 2.32. The highest BCUT2D eigenvalue weighted by Gasteiger charge is 2.17. The predicted molar refractivity (Wildman–Crippen MR) is 91.4 cm³/mol. The smallest absolute Gasteiger partial charge is 0.0593 e. The molecule has 0 aliphatic heterocycles.